The van der Waals surface area contributed by atoms with Crippen molar-refractivity contribution in [2.75, 3.05) is 0 Å². The van der Waals surface area contributed by atoms with Gasteiger partial charge in [-0.3, -0.25) is 0 Å². The highest BCUT2D eigenvalue weighted by molar-refractivity contribution is 6.32. The largest absolute Gasteiger partial charge is 0.456 e. The minimum Gasteiger partial charge on any atom is -0.456 e. The molecule has 3 heteroatoms. The highest BCUT2D eigenvalue weighted by atomic mass is 35.5. The van der Waals surface area contributed by atoms with Crippen molar-refractivity contribution in [1.29, 1.82) is 0 Å². The first kappa shape index (κ1) is 10.2. The van der Waals surface area contributed by atoms with E-state index in [1.807, 2.05) is 65.3 Å². The van der Waals surface area contributed by atoms with Crippen LogP contribution in [0.15, 0.2) is 60.9 Å². The lowest BCUT2D eigenvalue weighted by Crippen LogP contribution is -1.87. The first-order valence-corrected chi connectivity index (χ1v) is 5.70. The number of para-hydroxylation sites is 1. The first-order valence-electron chi connectivity index (χ1n) is 5.32. The summed E-state index contributed by atoms with van der Waals surface area (Å²) in [5.74, 6) is 1.45. The molecular formula is C14H10ClNO. The zero-order valence-electron chi connectivity index (χ0n) is 9.01. The van der Waals surface area contributed by atoms with Gasteiger partial charge in [0, 0.05) is 24.0 Å². The van der Waals surface area contributed by atoms with E-state index in [-0.39, 0.29) is 0 Å². The zero-order chi connectivity index (χ0) is 11.7. The fourth-order valence-corrected chi connectivity index (χ4v) is 1.90. The Morgan fingerprint density at radius 2 is 1.82 bits per heavy atom. The maximum absolute atomic E-state index is 6.04. The van der Waals surface area contributed by atoms with Crippen LogP contribution in [0.1, 0.15) is 0 Å². The number of halogens is 1. The molecule has 2 aromatic heterocycles. The second-order valence-electron chi connectivity index (χ2n) is 3.74. The lowest BCUT2D eigenvalue weighted by molar-refractivity contribution is 0.483. The third kappa shape index (κ3) is 1.99. The van der Waals surface area contributed by atoms with Gasteiger partial charge < -0.3 is 9.14 Å². The molecule has 0 aliphatic rings. The minimum atomic E-state index is 0.614. The van der Waals surface area contributed by atoms with Gasteiger partial charge in [0.15, 0.2) is 0 Å². The molecular weight excluding hydrogens is 234 g/mol. The van der Waals surface area contributed by atoms with Gasteiger partial charge in [-0.1, -0.05) is 23.7 Å². The van der Waals surface area contributed by atoms with Crippen molar-refractivity contribution < 1.29 is 4.74 Å². The summed E-state index contributed by atoms with van der Waals surface area (Å²) in [6.45, 7) is 0. The molecule has 0 saturated heterocycles. The highest BCUT2D eigenvalue weighted by Gasteiger charge is 2.02. The van der Waals surface area contributed by atoms with Crippen LogP contribution < -0.4 is 4.74 Å². The summed E-state index contributed by atoms with van der Waals surface area (Å²) in [6.07, 6.45) is 3.95. The van der Waals surface area contributed by atoms with Gasteiger partial charge in [0.1, 0.15) is 11.5 Å². The van der Waals surface area contributed by atoms with Crippen LogP contribution in [0.4, 0.5) is 0 Å². The number of nitrogens with zero attached hydrogens (tertiary/aromatic N) is 1. The molecule has 0 bridgehead atoms. The SMILES string of the molecule is Clc1ccccc1Oc1ccn2cccc2c1. The molecule has 0 spiro atoms. The fourth-order valence-electron chi connectivity index (χ4n) is 1.73. The van der Waals surface area contributed by atoms with Gasteiger partial charge in [0.05, 0.1) is 5.02 Å². The number of ether oxygens (including phenoxy) is 1. The van der Waals surface area contributed by atoms with Crippen molar-refractivity contribution in [2.24, 2.45) is 0 Å². The molecule has 0 saturated carbocycles. The monoisotopic (exact) mass is 243 g/mol. The van der Waals surface area contributed by atoms with Crippen molar-refractivity contribution in [3.63, 3.8) is 0 Å². The van der Waals surface area contributed by atoms with E-state index in [4.69, 9.17) is 16.3 Å². The van der Waals surface area contributed by atoms with Crippen LogP contribution in [-0.2, 0) is 0 Å². The van der Waals surface area contributed by atoms with E-state index in [2.05, 4.69) is 0 Å². The van der Waals surface area contributed by atoms with Crippen LogP contribution in [0, 0.1) is 0 Å². The second-order valence-corrected chi connectivity index (χ2v) is 4.14. The predicted octanol–water partition coefficient (Wildman–Crippen LogP) is 4.39. The van der Waals surface area contributed by atoms with Crippen molar-refractivity contribution in [1.82, 2.24) is 4.40 Å². The number of benzene rings is 1. The smallest absolute Gasteiger partial charge is 0.146 e. The van der Waals surface area contributed by atoms with E-state index in [0.29, 0.717) is 10.8 Å². The van der Waals surface area contributed by atoms with Gasteiger partial charge in [-0.15, -0.1) is 0 Å². The van der Waals surface area contributed by atoms with E-state index in [9.17, 15) is 0 Å². The number of aromatic nitrogens is 1. The normalized spacial score (nSPS) is 10.6. The average molecular weight is 244 g/mol. The van der Waals surface area contributed by atoms with Gasteiger partial charge in [-0.2, -0.15) is 0 Å². The maximum Gasteiger partial charge on any atom is 0.146 e. The molecule has 84 valence electrons. The molecule has 0 atom stereocenters. The number of hydrogen-bond donors (Lipinski definition) is 0. The zero-order valence-corrected chi connectivity index (χ0v) is 9.76. The van der Waals surface area contributed by atoms with Crippen molar-refractivity contribution >= 4 is 17.1 Å². The van der Waals surface area contributed by atoms with Crippen molar-refractivity contribution in [3.8, 4) is 11.5 Å². The summed E-state index contributed by atoms with van der Waals surface area (Å²) >= 11 is 6.04. The Hall–Kier alpha value is -1.93. The van der Waals surface area contributed by atoms with Gasteiger partial charge in [0.25, 0.3) is 0 Å². The number of hydrogen-bond acceptors (Lipinski definition) is 1. The van der Waals surface area contributed by atoms with E-state index in [0.717, 1.165) is 11.3 Å². The van der Waals surface area contributed by atoms with Gasteiger partial charge in [0.2, 0.25) is 0 Å². The highest BCUT2D eigenvalue weighted by Crippen LogP contribution is 2.29. The number of rotatable bonds is 2. The minimum absolute atomic E-state index is 0.614. The Morgan fingerprint density at radius 3 is 2.71 bits per heavy atom. The van der Waals surface area contributed by atoms with Gasteiger partial charge >= 0.3 is 0 Å². The quantitative estimate of drug-likeness (QED) is 0.651. The van der Waals surface area contributed by atoms with E-state index < -0.39 is 0 Å². The van der Waals surface area contributed by atoms with Crippen molar-refractivity contribution in [2.45, 2.75) is 0 Å². The molecule has 0 amide bonds. The van der Waals surface area contributed by atoms with Crippen LogP contribution in [-0.4, -0.2) is 4.40 Å². The van der Waals surface area contributed by atoms with E-state index >= 15 is 0 Å². The molecule has 1 aromatic carbocycles. The number of pyridine rings is 1. The number of fused-ring (bicyclic) bond motifs is 1. The molecule has 0 radical (unpaired) electrons. The average Bonchev–Trinajstić information content (AvgIpc) is 2.79. The second kappa shape index (κ2) is 4.15. The lowest BCUT2D eigenvalue weighted by Gasteiger charge is -2.07. The molecule has 0 N–H and O–H groups in total. The summed E-state index contributed by atoms with van der Waals surface area (Å²) in [6, 6.07) is 15.4. The maximum atomic E-state index is 6.04. The topological polar surface area (TPSA) is 13.6 Å². The van der Waals surface area contributed by atoms with Crippen molar-refractivity contribution in [3.05, 3.63) is 65.9 Å². The summed E-state index contributed by atoms with van der Waals surface area (Å²) in [5.41, 5.74) is 1.09. The molecule has 2 nitrogen and oxygen atoms in total. The predicted molar refractivity (Wildman–Crippen MR) is 68.9 cm³/mol. The van der Waals surface area contributed by atoms with E-state index in [1.54, 1.807) is 0 Å². The van der Waals surface area contributed by atoms with Crippen LogP contribution in [0.25, 0.3) is 5.52 Å². The van der Waals surface area contributed by atoms with Crippen LogP contribution in [0.5, 0.6) is 11.5 Å². The lowest BCUT2D eigenvalue weighted by atomic mass is 10.3. The third-order valence-corrected chi connectivity index (χ3v) is 2.88. The molecule has 0 aliphatic heterocycles. The Morgan fingerprint density at radius 1 is 0.941 bits per heavy atom. The first-order chi connectivity index (χ1) is 8.33. The van der Waals surface area contributed by atoms with Crippen LogP contribution >= 0.6 is 11.6 Å². The molecule has 17 heavy (non-hydrogen) atoms. The molecule has 0 fully saturated rings. The molecule has 2 heterocycles. The van der Waals surface area contributed by atoms with Crippen LogP contribution in [0.2, 0.25) is 5.02 Å². The standard InChI is InChI=1S/C14H10ClNO/c15-13-5-1-2-6-14(13)17-12-7-9-16-8-3-4-11(16)10-12/h1-10H. The summed E-state index contributed by atoms with van der Waals surface area (Å²) < 4.78 is 7.77. The van der Waals surface area contributed by atoms with Gasteiger partial charge in [-0.05, 0) is 30.3 Å². The van der Waals surface area contributed by atoms with E-state index in [1.165, 1.54) is 0 Å². The summed E-state index contributed by atoms with van der Waals surface area (Å²) in [7, 11) is 0. The molecule has 0 unspecified atom stereocenters. The third-order valence-electron chi connectivity index (χ3n) is 2.57. The Labute approximate surface area is 104 Å². The molecule has 3 aromatic rings. The van der Waals surface area contributed by atoms with Gasteiger partial charge in [-0.25, -0.2) is 0 Å². The van der Waals surface area contributed by atoms with Crippen LogP contribution in [0.3, 0.4) is 0 Å². The molecule has 3 rings (SSSR count). The summed E-state index contributed by atoms with van der Waals surface area (Å²) in [4.78, 5) is 0. The Kier molecular flexibility index (Phi) is 2.50. The molecule has 0 aliphatic carbocycles. The Bertz CT molecular complexity index is 660. The Balaban J connectivity index is 1.97. The summed E-state index contributed by atoms with van der Waals surface area (Å²) in [5, 5.41) is 0.614. The fraction of sp³-hybridized carbons (Fsp3) is 0.